The number of aryl methyl sites for hydroxylation is 1. The summed E-state index contributed by atoms with van der Waals surface area (Å²) in [5.41, 5.74) is 0.767. The fourth-order valence-electron chi connectivity index (χ4n) is 3.75. The number of rotatable bonds is 2. The minimum Gasteiger partial charge on any atom is -0.486 e. The minimum atomic E-state index is -0.582. The number of ketones is 1. The van der Waals surface area contributed by atoms with Crippen molar-refractivity contribution in [3.05, 3.63) is 50.9 Å². The highest BCUT2D eigenvalue weighted by Gasteiger charge is 2.44. The van der Waals surface area contributed by atoms with Crippen LogP contribution in [0.1, 0.15) is 35.2 Å². The summed E-state index contributed by atoms with van der Waals surface area (Å²) < 4.78 is 6.23. The largest absolute Gasteiger partial charge is 0.486 e. The number of benzene rings is 1. The lowest BCUT2D eigenvalue weighted by molar-refractivity contribution is -0.384. The third kappa shape index (κ3) is 3.10. The van der Waals surface area contributed by atoms with Crippen molar-refractivity contribution in [1.29, 1.82) is 0 Å². The number of hydrogen-bond donors (Lipinski definition) is 0. The maximum atomic E-state index is 12.6. The van der Waals surface area contributed by atoms with Crippen LogP contribution in [0.3, 0.4) is 0 Å². The smallest absolute Gasteiger partial charge is 0.348 e. The molecule has 0 amide bonds. The zero-order valence-electron chi connectivity index (χ0n) is 14.6. The summed E-state index contributed by atoms with van der Waals surface area (Å²) in [5.74, 6) is 0.888. The number of halogens is 1. The Morgan fingerprint density at radius 2 is 2.04 bits per heavy atom. The predicted octanol–water partition coefficient (Wildman–Crippen LogP) is 3.35. The molecule has 2 aliphatic rings. The van der Waals surface area contributed by atoms with Crippen molar-refractivity contribution >= 4 is 28.9 Å². The molecule has 1 fully saturated rings. The van der Waals surface area contributed by atoms with Gasteiger partial charge in [-0.3, -0.25) is 14.9 Å². The molecule has 1 aromatic carbocycles. The quantitative estimate of drug-likeness (QED) is 0.442. The van der Waals surface area contributed by atoms with Gasteiger partial charge in [0.25, 0.3) is 0 Å². The number of nitro groups is 1. The Bertz CT molecular complexity index is 941. The fourth-order valence-corrected chi connectivity index (χ4v) is 3.95. The molecule has 140 valence electrons. The molecule has 8 nitrogen and oxygen atoms in total. The number of Topliss-reactive ketones (excluding diaryl/α,β-unsaturated/α-hetero) is 1. The van der Waals surface area contributed by atoms with Crippen LogP contribution in [0, 0.1) is 17.0 Å². The number of ether oxygens (including phenoxy) is 1. The highest BCUT2D eigenvalue weighted by Crippen LogP contribution is 2.41. The van der Waals surface area contributed by atoms with Gasteiger partial charge in [-0.15, -0.1) is 0 Å². The molecule has 9 heteroatoms. The van der Waals surface area contributed by atoms with Gasteiger partial charge >= 0.3 is 5.69 Å². The minimum absolute atomic E-state index is 0.0736. The van der Waals surface area contributed by atoms with Gasteiger partial charge in [0.1, 0.15) is 17.7 Å². The van der Waals surface area contributed by atoms with E-state index in [1.807, 2.05) is 25.1 Å². The van der Waals surface area contributed by atoms with Gasteiger partial charge in [-0.2, -0.15) is 0 Å². The number of fused-ring (bicyclic) bond motifs is 1. The van der Waals surface area contributed by atoms with Gasteiger partial charge in [0, 0.05) is 25.9 Å². The van der Waals surface area contributed by atoms with Crippen LogP contribution in [-0.4, -0.2) is 39.4 Å². The number of carbonyl (C=O) groups excluding carboxylic acids is 1. The maximum Gasteiger partial charge on any atom is 0.348 e. The van der Waals surface area contributed by atoms with E-state index in [2.05, 4.69) is 9.97 Å². The van der Waals surface area contributed by atoms with Crippen LogP contribution in [0.5, 0.6) is 5.75 Å². The highest BCUT2D eigenvalue weighted by atomic mass is 35.5. The van der Waals surface area contributed by atoms with E-state index in [1.165, 1.54) is 6.33 Å². The molecule has 27 heavy (non-hydrogen) atoms. The van der Waals surface area contributed by atoms with Crippen LogP contribution in [0.4, 0.5) is 11.5 Å². The van der Waals surface area contributed by atoms with Crippen LogP contribution in [0.25, 0.3) is 0 Å². The SMILES string of the molecule is Cc1ccc2c(c1)C(=O)CC1(CCN(c3ncnc(Cl)c3[N+](=O)[O-])CC1)O2. The summed E-state index contributed by atoms with van der Waals surface area (Å²) in [5, 5.41) is 11.2. The fraction of sp³-hybridized carbons (Fsp3) is 0.389. The van der Waals surface area contributed by atoms with Crippen molar-refractivity contribution < 1.29 is 14.5 Å². The first kappa shape index (κ1) is 17.7. The molecule has 1 saturated heterocycles. The third-order valence-electron chi connectivity index (χ3n) is 5.16. The summed E-state index contributed by atoms with van der Waals surface area (Å²) in [6.07, 6.45) is 2.65. The van der Waals surface area contributed by atoms with E-state index < -0.39 is 10.5 Å². The Morgan fingerprint density at radius 1 is 1.30 bits per heavy atom. The highest BCUT2D eigenvalue weighted by molar-refractivity contribution is 6.31. The Morgan fingerprint density at radius 3 is 2.74 bits per heavy atom. The van der Waals surface area contributed by atoms with Crippen molar-refractivity contribution in [2.45, 2.75) is 31.8 Å². The molecule has 2 aromatic rings. The average molecular weight is 389 g/mol. The number of anilines is 1. The second-order valence-electron chi connectivity index (χ2n) is 6.97. The van der Waals surface area contributed by atoms with E-state index in [0.29, 0.717) is 43.7 Å². The molecule has 1 aromatic heterocycles. The number of nitrogens with zero attached hydrogens (tertiary/aromatic N) is 4. The van der Waals surface area contributed by atoms with Gasteiger partial charge in [-0.25, -0.2) is 9.97 Å². The second kappa shape index (κ2) is 6.45. The lowest BCUT2D eigenvalue weighted by Gasteiger charge is -2.44. The lowest BCUT2D eigenvalue weighted by atomic mass is 9.82. The summed E-state index contributed by atoms with van der Waals surface area (Å²) in [6, 6.07) is 5.61. The molecule has 0 aliphatic carbocycles. The van der Waals surface area contributed by atoms with E-state index in [-0.39, 0.29) is 22.4 Å². The molecule has 0 atom stereocenters. The van der Waals surface area contributed by atoms with Crippen molar-refractivity contribution in [1.82, 2.24) is 9.97 Å². The van der Waals surface area contributed by atoms with Gasteiger partial charge in [0.2, 0.25) is 11.0 Å². The molecular weight excluding hydrogens is 372 g/mol. The topological polar surface area (TPSA) is 98.5 Å². The first-order chi connectivity index (χ1) is 12.9. The molecule has 0 unspecified atom stereocenters. The Balaban J connectivity index is 1.57. The Kier molecular flexibility index (Phi) is 4.22. The van der Waals surface area contributed by atoms with Crippen molar-refractivity contribution in [2.75, 3.05) is 18.0 Å². The first-order valence-corrected chi connectivity index (χ1v) is 8.99. The van der Waals surface area contributed by atoms with E-state index in [4.69, 9.17) is 16.3 Å². The maximum absolute atomic E-state index is 12.6. The number of piperidine rings is 1. The van der Waals surface area contributed by atoms with Crippen LogP contribution in [0.2, 0.25) is 5.15 Å². The van der Waals surface area contributed by atoms with E-state index in [0.717, 1.165) is 5.56 Å². The van der Waals surface area contributed by atoms with Gasteiger partial charge in [0.15, 0.2) is 5.78 Å². The van der Waals surface area contributed by atoms with E-state index >= 15 is 0 Å². The van der Waals surface area contributed by atoms with E-state index in [1.54, 1.807) is 4.90 Å². The van der Waals surface area contributed by atoms with Crippen LogP contribution < -0.4 is 9.64 Å². The molecule has 0 saturated carbocycles. The molecule has 0 N–H and O–H groups in total. The van der Waals surface area contributed by atoms with E-state index in [9.17, 15) is 14.9 Å². The zero-order valence-corrected chi connectivity index (χ0v) is 15.4. The third-order valence-corrected chi connectivity index (χ3v) is 5.44. The zero-order chi connectivity index (χ0) is 19.2. The summed E-state index contributed by atoms with van der Waals surface area (Å²) in [7, 11) is 0. The molecule has 0 radical (unpaired) electrons. The molecule has 2 aliphatic heterocycles. The normalized spacial score (nSPS) is 18.1. The number of hydrogen-bond acceptors (Lipinski definition) is 7. The average Bonchev–Trinajstić information content (AvgIpc) is 2.63. The monoisotopic (exact) mass is 388 g/mol. The number of carbonyl (C=O) groups is 1. The van der Waals surface area contributed by atoms with Crippen molar-refractivity contribution in [3.8, 4) is 5.75 Å². The van der Waals surface area contributed by atoms with Gasteiger partial charge in [0.05, 0.1) is 16.9 Å². The van der Waals surface area contributed by atoms with Gasteiger partial charge in [-0.1, -0.05) is 23.2 Å². The molecule has 1 spiro atoms. The van der Waals surface area contributed by atoms with Crippen LogP contribution >= 0.6 is 11.6 Å². The first-order valence-electron chi connectivity index (χ1n) is 8.61. The summed E-state index contributed by atoms with van der Waals surface area (Å²) >= 11 is 5.89. The summed E-state index contributed by atoms with van der Waals surface area (Å²) in [4.78, 5) is 33.0. The van der Waals surface area contributed by atoms with Crippen LogP contribution in [-0.2, 0) is 0 Å². The second-order valence-corrected chi connectivity index (χ2v) is 7.32. The molecule has 0 bridgehead atoms. The van der Waals surface area contributed by atoms with Crippen molar-refractivity contribution in [2.24, 2.45) is 0 Å². The predicted molar refractivity (Wildman–Crippen MR) is 98.6 cm³/mol. The van der Waals surface area contributed by atoms with Gasteiger partial charge in [-0.05, 0) is 19.1 Å². The van der Waals surface area contributed by atoms with Crippen molar-refractivity contribution in [3.63, 3.8) is 0 Å². The molecular formula is C18H17ClN4O4. The molecule has 4 rings (SSSR count). The van der Waals surface area contributed by atoms with Crippen LogP contribution in [0.15, 0.2) is 24.5 Å². The summed E-state index contributed by atoms with van der Waals surface area (Å²) in [6.45, 7) is 2.89. The molecule has 3 heterocycles. The lowest BCUT2D eigenvalue weighted by Crippen LogP contribution is -2.51. The van der Waals surface area contributed by atoms with Gasteiger partial charge < -0.3 is 9.64 Å². The standard InChI is InChI=1S/C18H17ClN4O4/c1-11-2-3-14-12(8-11)13(24)9-18(27-14)4-6-22(7-5-18)17-15(23(25)26)16(19)20-10-21-17/h2-3,8,10H,4-7,9H2,1H3. The number of aromatic nitrogens is 2. The Labute approximate surface area is 160 Å². The Hall–Kier alpha value is -2.74.